The molecule has 1 N–H and O–H groups in total. The number of anilines is 1. The Hall–Kier alpha value is -1.86. The van der Waals surface area contributed by atoms with Gasteiger partial charge in [-0.25, -0.2) is 4.98 Å². The predicted molar refractivity (Wildman–Crippen MR) is 107 cm³/mol. The van der Waals surface area contributed by atoms with Crippen molar-refractivity contribution >= 4 is 40.7 Å². The molecule has 0 aliphatic carbocycles. The number of carbonyl (C=O) groups is 2. The van der Waals surface area contributed by atoms with Crippen molar-refractivity contribution < 1.29 is 14.3 Å². The van der Waals surface area contributed by atoms with Crippen LogP contribution in [0.3, 0.4) is 0 Å². The van der Waals surface area contributed by atoms with Gasteiger partial charge in [0.15, 0.2) is 4.34 Å². The van der Waals surface area contributed by atoms with Crippen LogP contribution in [0.25, 0.3) is 0 Å². The standard InChI is InChI=1S/C19H24N2O3S2/c1-5-24-17(22)10-16-11-25-19(21-16)26-13(4)18(23)20-15-8-6-14(7-9-15)12(2)3/h6-9,11-13H,5,10H2,1-4H3,(H,20,23)/t13-/m0/s1. The molecular weight excluding hydrogens is 368 g/mol. The van der Waals surface area contributed by atoms with Gasteiger partial charge < -0.3 is 10.1 Å². The second-order valence-corrected chi connectivity index (χ2v) is 8.56. The quantitative estimate of drug-likeness (QED) is 0.529. The Morgan fingerprint density at radius 2 is 1.92 bits per heavy atom. The minimum Gasteiger partial charge on any atom is -0.466 e. The van der Waals surface area contributed by atoms with Crippen molar-refractivity contribution in [2.45, 2.75) is 49.6 Å². The van der Waals surface area contributed by atoms with E-state index < -0.39 is 0 Å². The average molecular weight is 393 g/mol. The van der Waals surface area contributed by atoms with E-state index in [0.29, 0.717) is 18.2 Å². The third kappa shape index (κ3) is 6.14. The SMILES string of the molecule is CCOC(=O)Cc1csc(S[C@@H](C)C(=O)Nc2ccc(C(C)C)cc2)n1. The first-order chi connectivity index (χ1) is 12.4. The summed E-state index contributed by atoms with van der Waals surface area (Å²) in [5.74, 6) is 0.0994. The molecule has 0 spiro atoms. The van der Waals surface area contributed by atoms with Crippen molar-refractivity contribution in [3.8, 4) is 0 Å². The van der Waals surface area contributed by atoms with Crippen LogP contribution in [0.5, 0.6) is 0 Å². The lowest BCUT2D eigenvalue weighted by atomic mass is 10.0. The van der Waals surface area contributed by atoms with E-state index in [1.165, 1.54) is 28.7 Å². The van der Waals surface area contributed by atoms with E-state index in [2.05, 4.69) is 24.1 Å². The molecule has 5 nitrogen and oxygen atoms in total. The molecule has 0 saturated heterocycles. The van der Waals surface area contributed by atoms with E-state index in [0.717, 1.165) is 10.0 Å². The fourth-order valence-electron chi connectivity index (χ4n) is 2.18. The van der Waals surface area contributed by atoms with Crippen molar-refractivity contribution in [3.63, 3.8) is 0 Å². The lowest BCUT2D eigenvalue weighted by Crippen LogP contribution is -2.22. The molecule has 2 rings (SSSR count). The summed E-state index contributed by atoms with van der Waals surface area (Å²) < 4.78 is 5.68. The number of benzene rings is 1. The third-order valence-electron chi connectivity index (χ3n) is 3.65. The fourth-order valence-corrected chi connectivity index (χ4v) is 4.16. The number of hydrogen-bond acceptors (Lipinski definition) is 6. The molecule has 140 valence electrons. The summed E-state index contributed by atoms with van der Waals surface area (Å²) in [4.78, 5) is 28.3. The average Bonchev–Trinajstić information content (AvgIpc) is 3.02. The third-order valence-corrected chi connectivity index (χ3v) is 5.77. The molecule has 1 aromatic carbocycles. The van der Waals surface area contributed by atoms with E-state index in [-0.39, 0.29) is 23.5 Å². The zero-order chi connectivity index (χ0) is 19.1. The summed E-state index contributed by atoms with van der Waals surface area (Å²) in [6.07, 6.45) is 0.160. The molecule has 0 saturated carbocycles. The monoisotopic (exact) mass is 392 g/mol. The van der Waals surface area contributed by atoms with Crippen LogP contribution < -0.4 is 5.32 Å². The summed E-state index contributed by atoms with van der Waals surface area (Å²) in [6.45, 7) is 8.25. The van der Waals surface area contributed by atoms with Crippen LogP contribution in [-0.2, 0) is 20.7 Å². The number of ether oxygens (including phenoxy) is 1. The van der Waals surface area contributed by atoms with Gasteiger partial charge >= 0.3 is 5.97 Å². The molecule has 1 atom stereocenters. The highest BCUT2D eigenvalue weighted by Crippen LogP contribution is 2.28. The topological polar surface area (TPSA) is 68.3 Å². The molecule has 0 bridgehead atoms. The van der Waals surface area contributed by atoms with Crippen molar-refractivity contribution in [1.29, 1.82) is 0 Å². The van der Waals surface area contributed by atoms with Gasteiger partial charge in [0.25, 0.3) is 0 Å². The molecule has 2 aromatic rings. The van der Waals surface area contributed by atoms with Gasteiger partial charge in [-0.1, -0.05) is 37.7 Å². The Labute approximate surface area is 162 Å². The van der Waals surface area contributed by atoms with Gasteiger partial charge in [-0.2, -0.15) is 0 Å². The van der Waals surface area contributed by atoms with Gasteiger partial charge in [0.2, 0.25) is 5.91 Å². The predicted octanol–water partition coefficient (Wildman–Crippen LogP) is 4.49. The first kappa shape index (κ1) is 20.5. The summed E-state index contributed by atoms with van der Waals surface area (Å²) in [5, 5.41) is 4.46. The minimum atomic E-state index is -0.290. The number of rotatable bonds is 8. The summed E-state index contributed by atoms with van der Waals surface area (Å²) >= 11 is 2.81. The molecular formula is C19H24N2O3S2. The van der Waals surface area contributed by atoms with Gasteiger partial charge in [0, 0.05) is 11.1 Å². The molecule has 1 amide bonds. The molecule has 7 heteroatoms. The zero-order valence-corrected chi connectivity index (χ0v) is 17.1. The van der Waals surface area contributed by atoms with E-state index in [9.17, 15) is 9.59 Å². The highest BCUT2D eigenvalue weighted by molar-refractivity contribution is 8.02. The van der Waals surface area contributed by atoms with Gasteiger partial charge in [-0.05, 0) is 37.5 Å². The van der Waals surface area contributed by atoms with Crippen LogP contribution in [-0.4, -0.2) is 28.7 Å². The van der Waals surface area contributed by atoms with Crippen LogP contribution in [0.4, 0.5) is 5.69 Å². The molecule has 0 aliphatic rings. The first-order valence-corrected chi connectivity index (χ1v) is 10.3. The first-order valence-electron chi connectivity index (χ1n) is 8.56. The highest BCUT2D eigenvalue weighted by Gasteiger charge is 2.17. The smallest absolute Gasteiger partial charge is 0.311 e. The fraction of sp³-hybridized carbons (Fsp3) is 0.421. The lowest BCUT2D eigenvalue weighted by Gasteiger charge is -2.11. The van der Waals surface area contributed by atoms with Crippen LogP contribution in [0.2, 0.25) is 0 Å². The van der Waals surface area contributed by atoms with E-state index in [1.54, 1.807) is 6.92 Å². The molecule has 26 heavy (non-hydrogen) atoms. The van der Waals surface area contributed by atoms with Crippen LogP contribution in [0.15, 0.2) is 34.0 Å². The Morgan fingerprint density at radius 3 is 2.54 bits per heavy atom. The number of aromatic nitrogens is 1. The Morgan fingerprint density at radius 1 is 1.23 bits per heavy atom. The number of nitrogens with zero attached hydrogens (tertiary/aromatic N) is 1. The maximum Gasteiger partial charge on any atom is 0.311 e. The van der Waals surface area contributed by atoms with Crippen LogP contribution in [0, 0.1) is 0 Å². The van der Waals surface area contributed by atoms with Gasteiger partial charge in [-0.15, -0.1) is 11.3 Å². The van der Waals surface area contributed by atoms with E-state index >= 15 is 0 Å². The van der Waals surface area contributed by atoms with E-state index in [1.807, 2.05) is 36.6 Å². The second kappa shape index (κ2) is 9.73. The number of thioether (sulfide) groups is 1. The van der Waals surface area contributed by atoms with Crippen LogP contribution >= 0.6 is 23.1 Å². The van der Waals surface area contributed by atoms with Crippen molar-refractivity contribution in [2.75, 3.05) is 11.9 Å². The lowest BCUT2D eigenvalue weighted by molar-refractivity contribution is -0.142. The summed E-state index contributed by atoms with van der Waals surface area (Å²) in [7, 11) is 0. The Bertz CT molecular complexity index is 741. The molecule has 1 aromatic heterocycles. The number of esters is 1. The number of carbonyl (C=O) groups excluding carboxylic acids is 2. The number of nitrogens with one attached hydrogen (secondary N) is 1. The molecule has 0 fully saturated rings. The van der Waals surface area contributed by atoms with Crippen molar-refractivity contribution in [3.05, 3.63) is 40.9 Å². The molecule has 1 heterocycles. The van der Waals surface area contributed by atoms with Crippen LogP contribution in [0.1, 0.15) is 44.9 Å². The Balaban J connectivity index is 1.88. The maximum absolute atomic E-state index is 12.4. The van der Waals surface area contributed by atoms with Gasteiger partial charge in [0.1, 0.15) is 0 Å². The number of amides is 1. The van der Waals surface area contributed by atoms with Gasteiger partial charge in [-0.3, -0.25) is 9.59 Å². The number of hydrogen-bond donors (Lipinski definition) is 1. The number of thiazole rings is 1. The minimum absolute atomic E-state index is 0.0746. The summed E-state index contributed by atoms with van der Waals surface area (Å²) in [5.41, 5.74) is 2.70. The Kier molecular flexibility index (Phi) is 7.66. The molecule has 0 aliphatic heterocycles. The van der Waals surface area contributed by atoms with E-state index in [4.69, 9.17) is 4.74 Å². The maximum atomic E-state index is 12.4. The highest BCUT2D eigenvalue weighted by atomic mass is 32.2. The molecule has 0 unspecified atom stereocenters. The second-order valence-electron chi connectivity index (χ2n) is 6.11. The molecule has 0 radical (unpaired) electrons. The largest absolute Gasteiger partial charge is 0.466 e. The van der Waals surface area contributed by atoms with Gasteiger partial charge in [0.05, 0.1) is 24.0 Å². The zero-order valence-electron chi connectivity index (χ0n) is 15.4. The normalized spacial score (nSPS) is 12.0. The van der Waals surface area contributed by atoms with Crippen molar-refractivity contribution in [1.82, 2.24) is 4.98 Å². The summed E-state index contributed by atoms with van der Waals surface area (Å²) in [6, 6.07) is 7.90. The van der Waals surface area contributed by atoms with Crippen molar-refractivity contribution in [2.24, 2.45) is 0 Å².